The number of carbonyl (C=O) groups is 1. The van der Waals surface area contributed by atoms with Crippen molar-refractivity contribution in [2.45, 2.75) is 19.9 Å². The molecule has 1 aromatic carbocycles. The molecule has 0 radical (unpaired) electrons. The van der Waals surface area contributed by atoms with Crippen LogP contribution < -0.4 is 15.4 Å². The molecule has 0 saturated heterocycles. The molecule has 1 atom stereocenters. The van der Waals surface area contributed by atoms with Gasteiger partial charge in [-0.05, 0) is 32.0 Å². The number of nitrogens with one attached hydrogen (secondary N) is 2. The molecule has 0 saturated carbocycles. The number of anilines is 1. The number of nitrogens with zero attached hydrogens (tertiary/aromatic N) is 3. The van der Waals surface area contributed by atoms with Crippen LogP contribution in [0.15, 0.2) is 34.7 Å². The van der Waals surface area contributed by atoms with E-state index in [1.165, 1.54) is 6.07 Å². The van der Waals surface area contributed by atoms with Gasteiger partial charge >= 0.3 is 0 Å². The predicted molar refractivity (Wildman–Crippen MR) is 109 cm³/mol. The molecule has 1 amide bonds. The number of rotatable bonds is 2. The molecule has 2 N–H and O–H groups in total. The number of hydrogen-bond acceptors (Lipinski definition) is 7. The largest absolute Gasteiger partial charge is 0.449 e. The van der Waals surface area contributed by atoms with Gasteiger partial charge in [0, 0.05) is 30.1 Å². The van der Waals surface area contributed by atoms with E-state index in [0.717, 1.165) is 10.8 Å². The molecule has 0 bridgehead atoms. The summed E-state index contributed by atoms with van der Waals surface area (Å²) in [7, 11) is 0. The van der Waals surface area contributed by atoms with Crippen LogP contribution in [0.4, 0.5) is 5.69 Å². The minimum absolute atomic E-state index is 0.00334. The number of aryl methyl sites for hydroxylation is 1. The first-order valence-electron chi connectivity index (χ1n) is 9.08. The van der Waals surface area contributed by atoms with Crippen molar-refractivity contribution in [1.82, 2.24) is 20.3 Å². The van der Waals surface area contributed by atoms with Crippen LogP contribution in [0.25, 0.3) is 21.9 Å². The lowest BCUT2D eigenvalue weighted by Crippen LogP contribution is -2.34. The van der Waals surface area contributed by atoms with E-state index in [1.807, 2.05) is 19.1 Å². The van der Waals surface area contributed by atoms with E-state index in [2.05, 4.69) is 25.6 Å². The Bertz CT molecular complexity index is 1270. The van der Waals surface area contributed by atoms with E-state index in [9.17, 15) is 4.79 Å². The first-order valence-corrected chi connectivity index (χ1v) is 9.46. The first-order chi connectivity index (χ1) is 14.0. The zero-order valence-electron chi connectivity index (χ0n) is 15.6. The van der Waals surface area contributed by atoms with Crippen LogP contribution >= 0.6 is 11.6 Å². The van der Waals surface area contributed by atoms with Crippen molar-refractivity contribution in [2.75, 3.05) is 11.9 Å². The van der Waals surface area contributed by atoms with E-state index in [4.69, 9.17) is 20.8 Å². The quantitative estimate of drug-likeness (QED) is 0.481. The zero-order chi connectivity index (χ0) is 20.1. The van der Waals surface area contributed by atoms with Gasteiger partial charge < -0.3 is 19.8 Å². The van der Waals surface area contributed by atoms with Crippen LogP contribution in [0.2, 0.25) is 5.15 Å². The third kappa shape index (κ3) is 3.11. The van der Waals surface area contributed by atoms with Crippen molar-refractivity contribution >= 4 is 45.1 Å². The summed E-state index contributed by atoms with van der Waals surface area (Å²) in [6, 6.07) is 8.78. The zero-order valence-corrected chi connectivity index (χ0v) is 16.4. The standard InChI is InChI=1S/C20H16ClN5O3/c1-9-8-22-18-17-11-3-6-15(29-16-7-14(21)24-10(2)25-16)26-12(11)4-5-13(17)28-19(18)20(27)23-9/h3-7,9,22H,8H2,1-2H3,(H,23,27). The number of halogens is 1. The summed E-state index contributed by atoms with van der Waals surface area (Å²) in [6.07, 6.45) is 0. The van der Waals surface area contributed by atoms with Crippen LogP contribution in [-0.2, 0) is 0 Å². The van der Waals surface area contributed by atoms with Gasteiger partial charge in [-0.25, -0.2) is 9.97 Å². The van der Waals surface area contributed by atoms with Gasteiger partial charge in [-0.2, -0.15) is 4.98 Å². The molecule has 3 aromatic heterocycles. The Morgan fingerprint density at radius 1 is 1.17 bits per heavy atom. The maximum atomic E-state index is 12.4. The second-order valence-electron chi connectivity index (χ2n) is 6.89. The number of carbonyl (C=O) groups excluding carboxylic acids is 1. The van der Waals surface area contributed by atoms with Gasteiger partial charge in [0.1, 0.15) is 16.6 Å². The number of fused-ring (bicyclic) bond motifs is 5. The van der Waals surface area contributed by atoms with Gasteiger partial charge in [0.05, 0.1) is 16.6 Å². The second kappa shape index (κ2) is 6.59. The van der Waals surface area contributed by atoms with Gasteiger partial charge in [-0.15, -0.1) is 0 Å². The molecule has 0 fully saturated rings. The summed E-state index contributed by atoms with van der Waals surface area (Å²) in [5.41, 5.74) is 2.00. The van der Waals surface area contributed by atoms with Crippen LogP contribution in [-0.4, -0.2) is 33.4 Å². The van der Waals surface area contributed by atoms with Gasteiger partial charge in [0.15, 0.2) is 0 Å². The minimum Gasteiger partial charge on any atom is -0.449 e. The summed E-state index contributed by atoms with van der Waals surface area (Å²) in [4.78, 5) is 25.2. The molecule has 9 heteroatoms. The SMILES string of the molecule is Cc1nc(Cl)cc(Oc2ccc3c(ccc4oc5c(c43)NCC(C)NC5=O)n2)n1. The van der Waals surface area contributed by atoms with E-state index in [-0.39, 0.29) is 17.7 Å². The summed E-state index contributed by atoms with van der Waals surface area (Å²) in [5, 5.41) is 8.19. The highest BCUT2D eigenvalue weighted by atomic mass is 35.5. The van der Waals surface area contributed by atoms with Crippen molar-refractivity contribution in [3.8, 4) is 11.8 Å². The molecule has 1 unspecified atom stereocenters. The maximum Gasteiger partial charge on any atom is 0.289 e. The van der Waals surface area contributed by atoms with Crippen LogP contribution in [0.1, 0.15) is 23.3 Å². The molecule has 4 heterocycles. The highest BCUT2D eigenvalue weighted by Gasteiger charge is 2.26. The lowest BCUT2D eigenvalue weighted by molar-refractivity contribution is 0.0920. The van der Waals surface area contributed by atoms with Gasteiger partial charge in [0.2, 0.25) is 17.5 Å². The molecule has 5 rings (SSSR count). The molecule has 29 heavy (non-hydrogen) atoms. The number of ether oxygens (including phenoxy) is 1. The van der Waals surface area contributed by atoms with Crippen LogP contribution in [0.3, 0.4) is 0 Å². The van der Waals surface area contributed by atoms with E-state index < -0.39 is 0 Å². The Kier molecular flexibility index (Phi) is 4.02. The predicted octanol–water partition coefficient (Wildman–Crippen LogP) is 4.07. The molecule has 146 valence electrons. The fourth-order valence-electron chi connectivity index (χ4n) is 3.43. The smallest absolute Gasteiger partial charge is 0.289 e. The fourth-order valence-corrected chi connectivity index (χ4v) is 3.64. The van der Waals surface area contributed by atoms with Crippen molar-refractivity contribution in [1.29, 1.82) is 0 Å². The normalized spacial score (nSPS) is 16.2. The minimum atomic E-state index is -0.231. The lowest BCUT2D eigenvalue weighted by Gasteiger charge is -2.10. The fraction of sp³-hybridized carbons (Fsp3) is 0.200. The van der Waals surface area contributed by atoms with Crippen molar-refractivity contribution in [2.24, 2.45) is 0 Å². The lowest BCUT2D eigenvalue weighted by atomic mass is 10.1. The van der Waals surface area contributed by atoms with Crippen molar-refractivity contribution in [3.05, 3.63) is 47.1 Å². The highest BCUT2D eigenvalue weighted by molar-refractivity contribution is 6.29. The van der Waals surface area contributed by atoms with Crippen molar-refractivity contribution in [3.63, 3.8) is 0 Å². The topological polar surface area (TPSA) is 102 Å². The van der Waals surface area contributed by atoms with Gasteiger partial charge in [-0.1, -0.05) is 11.6 Å². The number of aromatic nitrogens is 3. The summed E-state index contributed by atoms with van der Waals surface area (Å²) in [5.74, 6) is 1.25. The Balaban J connectivity index is 1.61. The maximum absolute atomic E-state index is 12.4. The van der Waals surface area contributed by atoms with E-state index in [1.54, 1.807) is 19.1 Å². The number of amides is 1. The number of furan rings is 1. The van der Waals surface area contributed by atoms with Gasteiger partial charge in [0.25, 0.3) is 5.91 Å². The molecule has 0 spiro atoms. The Morgan fingerprint density at radius 2 is 2.03 bits per heavy atom. The first kappa shape index (κ1) is 17.7. The third-order valence-corrected chi connectivity index (χ3v) is 4.85. The Labute approximate surface area is 170 Å². The summed E-state index contributed by atoms with van der Waals surface area (Å²) < 4.78 is 11.6. The molecule has 1 aliphatic rings. The molecule has 8 nitrogen and oxygen atoms in total. The average Bonchev–Trinajstić information content (AvgIpc) is 2.98. The molecular weight excluding hydrogens is 394 g/mol. The Hall–Kier alpha value is -3.39. The van der Waals surface area contributed by atoms with E-state index in [0.29, 0.717) is 46.1 Å². The monoisotopic (exact) mass is 409 g/mol. The summed E-state index contributed by atoms with van der Waals surface area (Å²) >= 11 is 5.97. The van der Waals surface area contributed by atoms with Crippen LogP contribution in [0, 0.1) is 6.92 Å². The second-order valence-corrected chi connectivity index (χ2v) is 7.28. The number of hydrogen-bond donors (Lipinski definition) is 2. The van der Waals surface area contributed by atoms with Crippen LogP contribution in [0.5, 0.6) is 11.8 Å². The third-order valence-electron chi connectivity index (χ3n) is 4.66. The van der Waals surface area contributed by atoms with E-state index >= 15 is 0 Å². The van der Waals surface area contributed by atoms with Crippen molar-refractivity contribution < 1.29 is 13.9 Å². The van der Waals surface area contributed by atoms with Gasteiger partial charge in [-0.3, -0.25) is 4.79 Å². The number of pyridine rings is 1. The highest BCUT2D eigenvalue weighted by Crippen LogP contribution is 2.37. The Morgan fingerprint density at radius 3 is 2.86 bits per heavy atom. The molecule has 1 aliphatic heterocycles. The summed E-state index contributed by atoms with van der Waals surface area (Å²) in [6.45, 7) is 4.27. The molecular formula is C20H16ClN5O3. The average molecular weight is 410 g/mol. The molecule has 4 aromatic rings. The number of benzene rings is 1. The molecule has 0 aliphatic carbocycles.